The predicted octanol–water partition coefficient (Wildman–Crippen LogP) is 3.02. The highest BCUT2D eigenvalue weighted by atomic mass is 32.2. The Bertz CT molecular complexity index is 787. The molecule has 2 bridgehead atoms. The fourth-order valence-corrected chi connectivity index (χ4v) is 5.26. The minimum Gasteiger partial charge on any atom is -0.481 e. The van der Waals surface area contributed by atoms with Crippen LogP contribution in [0.25, 0.3) is 0 Å². The number of benzene rings is 1. The van der Waals surface area contributed by atoms with E-state index in [0.29, 0.717) is 12.8 Å². The number of aliphatic carboxylic acids is 1. The predicted molar refractivity (Wildman–Crippen MR) is 102 cm³/mol. The first-order valence-electron chi connectivity index (χ1n) is 9.48. The summed E-state index contributed by atoms with van der Waals surface area (Å²) in [6.45, 7) is 1.92. The maximum absolute atomic E-state index is 12.8. The molecular weight excluding hydrogens is 366 g/mol. The molecule has 1 aromatic rings. The van der Waals surface area contributed by atoms with Crippen molar-refractivity contribution < 1.29 is 23.1 Å². The number of carboxylic acid groups (broad SMARTS) is 1. The summed E-state index contributed by atoms with van der Waals surface area (Å²) < 4.78 is 34.4. The van der Waals surface area contributed by atoms with Crippen LogP contribution in [0.15, 0.2) is 41.3 Å². The number of sulfonamides is 1. The third-order valence-electron chi connectivity index (χ3n) is 5.38. The van der Waals surface area contributed by atoms with Gasteiger partial charge in [0.25, 0.3) is 0 Å². The average molecular weight is 394 g/mol. The summed E-state index contributed by atoms with van der Waals surface area (Å²) in [4.78, 5) is 10.8. The van der Waals surface area contributed by atoms with Crippen molar-refractivity contribution in [1.82, 2.24) is 4.72 Å². The number of rotatable bonds is 9. The van der Waals surface area contributed by atoms with E-state index in [9.17, 15) is 13.2 Å². The second kappa shape index (κ2) is 8.54. The second-order valence-electron chi connectivity index (χ2n) is 7.41. The first-order chi connectivity index (χ1) is 12.9. The third kappa shape index (κ3) is 4.97. The summed E-state index contributed by atoms with van der Waals surface area (Å²) in [6, 6.07) is 6.62. The average Bonchev–Trinajstić information content (AvgIpc) is 3.20. The van der Waals surface area contributed by atoms with Gasteiger partial charge in [-0.25, -0.2) is 13.1 Å². The van der Waals surface area contributed by atoms with Crippen LogP contribution < -0.4 is 4.72 Å². The number of aryl methyl sites for hydroxylation is 1. The van der Waals surface area contributed by atoms with Crippen molar-refractivity contribution in [3.05, 3.63) is 42.0 Å². The minimum absolute atomic E-state index is 0.0689. The van der Waals surface area contributed by atoms with Gasteiger partial charge in [0.2, 0.25) is 10.0 Å². The second-order valence-corrected chi connectivity index (χ2v) is 9.12. The largest absolute Gasteiger partial charge is 0.481 e. The number of hydrogen-bond donors (Lipinski definition) is 2. The van der Waals surface area contributed by atoms with Crippen molar-refractivity contribution in [3.63, 3.8) is 0 Å². The Morgan fingerprint density at radius 2 is 1.93 bits per heavy atom. The molecule has 148 valence electrons. The summed E-state index contributed by atoms with van der Waals surface area (Å²) in [5, 5.41) is 8.66. The molecule has 6 nitrogen and oxygen atoms in total. The fourth-order valence-electron chi connectivity index (χ4n) is 3.94. The lowest BCUT2D eigenvalue weighted by atomic mass is 9.83. The van der Waals surface area contributed by atoms with E-state index in [1.165, 1.54) is 0 Å². The molecule has 4 unspecified atom stereocenters. The van der Waals surface area contributed by atoms with Gasteiger partial charge in [0.1, 0.15) is 0 Å². The maximum atomic E-state index is 12.8. The van der Waals surface area contributed by atoms with Crippen molar-refractivity contribution in [2.75, 3.05) is 0 Å². The molecule has 0 aliphatic carbocycles. The van der Waals surface area contributed by atoms with Crippen LogP contribution in [-0.2, 0) is 19.6 Å². The monoisotopic (exact) mass is 393 g/mol. The van der Waals surface area contributed by atoms with Gasteiger partial charge in [-0.05, 0) is 51.2 Å². The molecule has 3 rings (SSSR count). The van der Waals surface area contributed by atoms with Crippen LogP contribution in [-0.4, -0.2) is 37.7 Å². The molecule has 0 spiro atoms. The van der Waals surface area contributed by atoms with Crippen LogP contribution in [0.5, 0.6) is 0 Å². The maximum Gasteiger partial charge on any atom is 0.303 e. The van der Waals surface area contributed by atoms with Crippen LogP contribution in [0.2, 0.25) is 0 Å². The molecule has 0 aromatic heterocycles. The van der Waals surface area contributed by atoms with Crippen LogP contribution in [0.4, 0.5) is 0 Å². The zero-order valence-corrected chi connectivity index (χ0v) is 16.3. The molecule has 2 saturated heterocycles. The van der Waals surface area contributed by atoms with Crippen LogP contribution in [0.3, 0.4) is 0 Å². The molecule has 4 atom stereocenters. The molecule has 2 heterocycles. The summed E-state index contributed by atoms with van der Waals surface area (Å²) >= 11 is 0. The van der Waals surface area contributed by atoms with Crippen molar-refractivity contribution in [1.29, 1.82) is 0 Å². The molecule has 7 heteroatoms. The highest BCUT2D eigenvalue weighted by Crippen LogP contribution is 2.41. The Morgan fingerprint density at radius 1 is 1.22 bits per heavy atom. The SMILES string of the molecule is Cc1ccc(S(=O)(=O)NC2C3CCC(O3)C2C/C=C/CCCC(=O)O)cc1. The van der Waals surface area contributed by atoms with Crippen molar-refractivity contribution in [3.8, 4) is 0 Å². The van der Waals surface area contributed by atoms with Gasteiger partial charge in [-0.15, -0.1) is 0 Å². The van der Waals surface area contributed by atoms with Gasteiger partial charge in [0.15, 0.2) is 0 Å². The molecule has 27 heavy (non-hydrogen) atoms. The van der Waals surface area contributed by atoms with Gasteiger partial charge in [0.05, 0.1) is 23.1 Å². The summed E-state index contributed by atoms with van der Waals surface area (Å²) in [5.41, 5.74) is 1.02. The lowest BCUT2D eigenvalue weighted by Gasteiger charge is -2.27. The third-order valence-corrected chi connectivity index (χ3v) is 6.86. The number of unbranched alkanes of at least 4 members (excludes halogenated alkanes) is 1. The first-order valence-corrected chi connectivity index (χ1v) is 11.0. The molecule has 0 radical (unpaired) electrons. The highest BCUT2D eigenvalue weighted by Gasteiger charge is 2.49. The van der Waals surface area contributed by atoms with Gasteiger partial charge in [0, 0.05) is 12.3 Å². The van der Waals surface area contributed by atoms with E-state index in [1.807, 2.05) is 19.1 Å². The minimum atomic E-state index is -3.58. The molecule has 2 aliphatic rings. The molecular formula is C20H27NO5S. The quantitative estimate of drug-likeness (QED) is 0.497. The lowest BCUT2D eigenvalue weighted by Crippen LogP contribution is -2.46. The molecule has 2 N–H and O–H groups in total. The van der Waals surface area contributed by atoms with E-state index >= 15 is 0 Å². The molecule has 0 amide bonds. The van der Waals surface area contributed by atoms with Gasteiger partial charge < -0.3 is 9.84 Å². The lowest BCUT2D eigenvalue weighted by molar-refractivity contribution is -0.137. The fraction of sp³-hybridized carbons (Fsp3) is 0.550. The van der Waals surface area contributed by atoms with Gasteiger partial charge >= 0.3 is 5.97 Å². The number of fused-ring (bicyclic) bond motifs is 2. The smallest absolute Gasteiger partial charge is 0.303 e. The van der Waals surface area contributed by atoms with E-state index in [-0.39, 0.29) is 35.5 Å². The number of hydrogen-bond acceptors (Lipinski definition) is 4. The Hall–Kier alpha value is -1.70. The van der Waals surface area contributed by atoms with Crippen LogP contribution in [0, 0.1) is 12.8 Å². The number of allylic oxidation sites excluding steroid dienone is 2. The Balaban J connectivity index is 1.62. The Kier molecular flexibility index (Phi) is 6.34. The van der Waals surface area contributed by atoms with Crippen LogP contribution >= 0.6 is 0 Å². The van der Waals surface area contributed by atoms with Gasteiger partial charge in [-0.3, -0.25) is 4.79 Å². The molecule has 2 aliphatic heterocycles. The first kappa shape index (κ1) is 20.0. The van der Waals surface area contributed by atoms with Crippen molar-refractivity contribution >= 4 is 16.0 Å². The van der Waals surface area contributed by atoms with Crippen LogP contribution in [0.1, 0.15) is 44.1 Å². The van der Waals surface area contributed by atoms with E-state index in [0.717, 1.165) is 24.8 Å². The summed E-state index contributed by atoms with van der Waals surface area (Å²) in [5.74, 6) is -0.671. The summed E-state index contributed by atoms with van der Waals surface area (Å²) in [6.07, 6.45) is 8.11. The van der Waals surface area contributed by atoms with Crippen molar-refractivity contribution in [2.24, 2.45) is 5.92 Å². The zero-order chi connectivity index (χ0) is 19.4. The highest BCUT2D eigenvalue weighted by molar-refractivity contribution is 7.89. The molecule has 2 fully saturated rings. The molecule has 1 aromatic carbocycles. The Morgan fingerprint density at radius 3 is 2.63 bits per heavy atom. The van der Waals surface area contributed by atoms with Gasteiger partial charge in [-0.1, -0.05) is 29.8 Å². The number of carbonyl (C=O) groups is 1. The van der Waals surface area contributed by atoms with Crippen molar-refractivity contribution in [2.45, 2.75) is 68.6 Å². The summed E-state index contributed by atoms with van der Waals surface area (Å²) in [7, 11) is -3.58. The van der Waals surface area contributed by atoms with E-state index in [4.69, 9.17) is 9.84 Å². The number of ether oxygens (including phenoxy) is 1. The topological polar surface area (TPSA) is 92.7 Å². The van der Waals surface area contributed by atoms with E-state index in [2.05, 4.69) is 4.72 Å². The Labute approximate surface area is 160 Å². The van der Waals surface area contributed by atoms with Gasteiger partial charge in [-0.2, -0.15) is 0 Å². The normalized spacial score (nSPS) is 27.4. The van der Waals surface area contributed by atoms with E-state index < -0.39 is 16.0 Å². The standard InChI is InChI=1S/C20H27NO5S/c1-14-8-10-15(11-9-14)27(24,25)21-20-16(17-12-13-18(20)26-17)6-4-2-3-5-7-19(22)23/h2,4,8-11,16-18,20-21H,3,5-7,12-13H2,1H3,(H,22,23)/b4-2+. The zero-order valence-electron chi connectivity index (χ0n) is 15.5. The number of carboxylic acids is 1. The molecule has 0 saturated carbocycles. The number of nitrogens with one attached hydrogen (secondary N) is 1. The van der Waals surface area contributed by atoms with E-state index in [1.54, 1.807) is 24.3 Å².